The minimum atomic E-state index is -0.360. The lowest BCUT2D eigenvalue weighted by molar-refractivity contribution is -0.120. The Hall–Kier alpha value is -3.16. The second-order valence-electron chi connectivity index (χ2n) is 5.06. The number of aromatic nitrogens is 4. The van der Waals surface area contributed by atoms with E-state index in [1.165, 1.54) is 41.1 Å². The lowest BCUT2D eigenvalue weighted by atomic mass is 10.1. The van der Waals surface area contributed by atoms with Crippen molar-refractivity contribution in [3.63, 3.8) is 0 Å². The Morgan fingerprint density at radius 2 is 1.62 bits per heavy atom. The summed E-state index contributed by atoms with van der Waals surface area (Å²) in [6.07, 6.45) is 0.123. The molecule has 2 aromatic carbocycles. The van der Waals surface area contributed by atoms with Gasteiger partial charge in [0.1, 0.15) is 11.6 Å². The van der Waals surface area contributed by atoms with Crippen LogP contribution in [-0.4, -0.2) is 26.1 Å². The summed E-state index contributed by atoms with van der Waals surface area (Å²) < 4.78 is 27.2. The molecule has 0 aliphatic carbocycles. The average Bonchev–Trinajstić information content (AvgIpc) is 3.04. The molecule has 0 saturated carbocycles. The topological polar surface area (TPSA) is 72.7 Å². The molecule has 8 heteroatoms. The van der Waals surface area contributed by atoms with Crippen LogP contribution in [0.2, 0.25) is 0 Å². The number of hydrogen-bond donors (Lipinski definition) is 1. The largest absolute Gasteiger partial charge is 0.348 e. The van der Waals surface area contributed by atoms with Crippen LogP contribution in [0.15, 0.2) is 48.5 Å². The normalized spacial score (nSPS) is 10.6. The summed E-state index contributed by atoms with van der Waals surface area (Å²) >= 11 is 0. The minimum Gasteiger partial charge on any atom is -0.348 e. The van der Waals surface area contributed by atoms with Crippen LogP contribution in [0.4, 0.5) is 8.78 Å². The van der Waals surface area contributed by atoms with E-state index in [0.29, 0.717) is 17.1 Å². The van der Waals surface area contributed by atoms with Gasteiger partial charge in [-0.15, -0.1) is 5.10 Å². The Balaban J connectivity index is 1.63. The molecule has 0 atom stereocenters. The molecule has 0 aliphatic rings. The predicted octanol–water partition coefficient (Wildman–Crippen LogP) is 1.80. The van der Waals surface area contributed by atoms with E-state index in [-0.39, 0.29) is 30.5 Å². The summed E-state index contributed by atoms with van der Waals surface area (Å²) in [6, 6.07) is 11.4. The average molecular weight is 329 g/mol. The second-order valence-corrected chi connectivity index (χ2v) is 5.06. The first-order valence-electron chi connectivity index (χ1n) is 7.16. The van der Waals surface area contributed by atoms with Gasteiger partial charge in [-0.25, -0.2) is 8.78 Å². The zero-order valence-corrected chi connectivity index (χ0v) is 12.5. The van der Waals surface area contributed by atoms with E-state index >= 15 is 0 Å². The van der Waals surface area contributed by atoms with Gasteiger partial charge in [0.25, 0.3) is 0 Å². The SMILES string of the molecule is O=C(Cc1ccc(F)cc1)NCc1nnnn1-c1ccc(F)cc1. The quantitative estimate of drug-likeness (QED) is 0.775. The van der Waals surface area contributed by atoms with Crippen molar-refractivity contribution in [1.82, 2.24) is 25.5 Å². The minimum absolute atomic E-state index is 0.115. The number of hydrogen-bond acceptors (Lipinski definition) is 4. The highest BCUT2D eigenvalue weighted by atomic mass is 19.1. The van der Waals surface area contributed by atoms with Gasteiger partial charge in [0, 0.05) is 0 Å². The third kappa shape index (κ3) is 3.78. The van der Waals surface area contributed by atoms with Gasteiger partial charge in [-0.05, 0) is 52.4 Å². The lowest BCUT2D eigenvalue weighted by Crippen LogP contribution is -2.26. The summed E-state index contributed by atoms with van der Waals surface area (Å²) in [5.74, 6) is -0.539. The molecule has 6 nitrogen and oxygen atoms in total. The van der Waals surface area contributed by atoms with Gasteiger partial charge in [-0.1, -0.05) is 12.1 Å². The number of carbonyl (C=O) groups is 1. The molecule has 0 spiro atoms. The molecule has 0 fully saturated rings. The molecule has 1 heterocycles. The molecular weight excluding hydrogens is 316 g/mol. The molecule has 1 amide bonds. The molecular formula is C16H13F2N5O. The Morgan fingerprint density at radius 1 is 1.00 bits per heavy atom. The van der Waals surface area contributed by atoms with Gasteiger partial charge in [0.15, 0.2) is 5.82 Å². The number of rotatable bonds is 5. The molecule has 24 heavy (non-hydrogen) atoms. The maximum atomic E-state index is 13.0. The molecule has 122 valence electrons. The van der Waals surface area contributed by atoms with Crippen LogP contribution in [0.3, 0.4) is 0 Å². The van der Waals surface area contributed by atoms with Crippen LogP contribution >= 0.6 is 0 Å². The van der Waals surface area contributed by atoms with Crippen LogP contribution < -0.4 is 5.32 Å². The first-order valence-corrected chi connectivity index (χ1v) is 7.16. The van der Waals surface area contributed by atoms with Crippen molar-refractivity contribution in [2.24, 2.45) is 0 Å². The van der Waals surface area contributed by atoms with E-state index in [9.17, 15) is 13.6 Å². The summed E-state index contributed by atoms with van der Waals surface area (Å²) in [7, 11) is 0. The number of carbonyl (C=O) groups excluding carboxylic acids is 1. The molecule has 3 aromatic rings. The van der Waals surface area contributed by atoms with Crippen LogP contribution in [0.25, 0.3) is 5.69 Å². The van der Waals surface area contributed by atoms with Crippen molar-refractivity contribution >= 4 is 5.91 Å². The highest BCUT2D eigenvalue weighted by Crippen LogP contribution is 2.09. The van der Waals surface area contributed by atoms with E-state index in [1.54, 1.807) is 12.1 Å². The van der Waals surface area contributed by atoms with Crippen molar-refractivity contribution in [3.8, 4) is 5.69 Å². The molecule has 1 N–H and O–H groups in total. The number of benzene rings is 2. The Kier molecular flexibility index (Phi) is 4.55. The maximum absolute atomic E-state index is 13.0. The molecule has 0 saturated heterocycles. The summed E-state index contributed by atoms with van der Waals surface area (Å²) in [6.45, 7) is 0.115. The molecule has 3 rings (SSSR count). The van der Waals surface area contributed by atoms with Gasteiger partial charge < -0.3 is 5.32 Å². The van der Waals surface area contributed by atoms with Gasteiger partial charge in [-0.3, -0.25) is 4.79 Å². The first-order chi connectivity index (χ1) is 11.6. The van der Waals surface area contributed by atoms with Crippen molar-refractivity contribution in [1.29, 1.82) is 0 Å². The third-order valence-corrected chi connectivity index (χ3v) is 3.33. The zero-order valence-electron chi connectivity index (χ0n) is 12.5. The standard InChI is InChI=1S/C16H13F2N5O/c17-12-3-1-11(2-4-12)9-16(24)19-10-15-20-21-22-23(15)14-7-5-13(18)6-8-14/h1-8H,9-10H2,(H,19,24). The van der Waals surface area contributed by atoms with Gasteiger partial charge in [-0.2, -0.15) is 4.68 Å². The van der Waals surface area contributed by atoms with Crippen LogP contribution in [0, 0.1) is 11.6 Å². The van der Waals surface area contributed by atoms with Gasteiger partial charge in [0.05, 0.1) is 18.7 Å². The highest BCUT2D eigenvalue weighted by Gasteiger charge is 2.10. The second kappa shape index (κ2) is 6.95. The fourth-order valence-corrected chi connectivity index (χ4v) is 2.13. The lowest BCUT2D eigenvalue weighted by Gasteiger charge is -2.06. The molecule has 0 bridgehead atoms. The number of nitrogens with zero attached hydrogens (tertiary/aromatic N) is 4. The van der Waals surface area contributed by atoms with Gasteiger partial charge >= 0.3 is 0 Å². The third-order valence-electron chi connectivity index (χ3n) is 3.33. The van der Waals surface area contributed by atoms with E-state index in [2.05, 4.69) is 20.8 Å². The van der Waals surface area contributed by atoms with Crippen molar-refractivity contribution in [3.05, 3.63) is 71.6 Å². The van der Waals surface area contributed by atoms with Crippen LogP contribution in [-0.2, 0) is 17.8 Å². The summed E-state index contributed by atoms with van der Waals surface area (Å²) in [5, 5.41) is 13.9. The number of nitrogens with one attached hydrogen (secondary N) is 1. The van der Waals surface area contributed by atoms with E-state index in [4.69, 9.17) is 0 Å². The van der Waals surface area contributed by atoms with Crippen LogP contribution in [0.1, 0.15) is 11.4 Å². The highest BCUT2D eigenvalue weighted by molar-refractivity contribution is 5.78. The Morgan fingerprint density at radius 3 is 2.29 bits per heavy atom. The fourth-order valence-electron chi connectivity index (χ4n) is 2.13. The molecule has 0 aliphatic heterocycles. The smallest absolute Gasteiger partial charge is 0.224 e. The Labute approximate surface area is 136 Å². The van der Waals surface area contributed by atoms with Gasteiger partial charge in [0.2, 0.25) is 5.91 Å². The Bertz CT molecular complexity index is 830. The summed E-state index contributed by atoms with van der Waals surface area (Å²) in [5.41, 5.74) is 1.29. The van der Waals surface area contributed by atoms with Crippen molar-refractivity contribution in [2.45, 2.75) is 13.0 Å². The number of tetrazole rings is 1. The molecule has 1 aromatic heterocycles. The van der Waals surface area contributed by atoms with E-state index in [0.717, 1.165) is 0 Å². The predicted molar refractivity (Wildman–Crippen MR) is 81.1 cm³/mol. The van der Waals surface area contributed by atoms with E-state index < -0.39 is 0 Å². The fraction of sp³-hybridized carbons (Fsp3) is 0.125. The monoisotopic (exact) mass is 329 g/mol. The summed E-state index contributed by atoms with van der Waals surface area (Å²) in [4.78, 5) is 12.0. The number of amides is 1. The first kappa shape index (κ1) is 15.7. The van der Waals surface area contributed by atoms with Crippen molar-refractivity contribution < 1.29 is 13.6 Å². The van der Waals surface area contributed by atoms with Crippen molar-refractivity contribution in [2.75, 3.05) is 0 Å². The number of halogens is 2. The molecule has 0 unspecified atom stereocenters. The van der Waals surface area contributed by atoms with Crippen LogP contribution in [0.5, 0.6) is 0 Å². The zero-order chi connectivity index (χ0) is 16.9. The van der Waals surface area contributed by atoms with E-state index in [1.807, 2.05) is 0 Å². The maximum Gasteiger partial charge on any atom is 0.224 e. The molecule has 0 radical (unpaired) electrons.